The normalized spacial score (nSPS) is 31.9. The number of nitrogens with zero attached hydrogens (tertiary/aromatic N) is 1. The van der Waals surface area contributed by atoms with Crippen LogP contribution in [-0.2, 0) is 10.8 Å². The molecule has 0 saturated carbocycles. The minimum Gasteiger partial charge on any atom is -0.296 e. The maximum absolute atomic E-state index is 12.9. The van der Waals surface area contributed by atoms with Gasteiger partial charge in [0, 0.05) is 17.0 Å². The SMILES string of the molecule is CCC[C@@H]1CCC[C@@H]2[C@H](S(=O)c3ccccc3)CCN12. The molecule has 2 heterocycles. The van der Waals surface area contributed by atoms with Gasteiger partial charge in [-0.25, -0.2) is 0 Å². The van der Waals surface area contributed by atoms with Gasteiger partial charge in [-0.2, -0.15) is 0 Å². The fourth-order valence-corrected chi connectivity index (χ4v) is 5.68. The minimum atomic E-state index is -0.838. The summed E-state index contributed by atoms with van der Waals surface area (Å²) in [5.74, 6) is 0. The standard InChI is InChI=1S/C17H25NOS/c1-2-7-14-8-6-11-16-17(12-13-18(14)16)20(19)15-9-4-3-5-10-15/h3-5,9-10,14,16-17H,2,6-8,11-13H2,1H3/t14-,16-,17-,20?/m1/s1. The summed E-state index contributed by atoms with van der Waals surface area (Å²) in [6.07, 6.45) is 7.57. The van der Waals surface area contributed by atoms with E-state index in [9.17, 15) is 4.21 Å². The maximum Gasteiger partial charge on any atom is 0.0577 e. The first-order valence-electron chi connectivity index (χ1n) is 8.02. The number of rotatable bonds is 4. The van der Waals surface area contributed by atoms with Gasteiger partial charge < -0.3 is 0 Å². The Morgan fingerprint density at radius 1 is 1.20 bits per heavy atom. The van der Waals surface area contributed by atoms with Crippen LogP contribution in [0.15, 0.2) is 35.2 Å². The monoisotopic (exact) mass is 291 g/mol. The van der Waals surface area contributed by atoms with Crippen LogP contribution in [0, 0.1) is 0 Å². The molecule has 110 valence electrons. The predicted octanol–water partition coefficient (Wildman–Crippen LogP) is 3.59. The van der Waals surface area contributed by atoms with Gasteiger partial charge in [-0.1, -0.05) is 38.0 Å². The molecular formula is C17H25NOS. The Labute approximate surface area is 125 Å². The molecule has 2 saturated heterocycles. The summed E-state index contributed by atoms with van der Waals surface area (Å²) >= 11 is 0. The summed E-state index contributed by atoms with van der Waals surface area (Å²) in [7, 11) is -0.838. The lowest BCUT2D eigenvalue weighted by atomic mass is 9.94. The molecule has 0 bridgehead atoms. The molecule has 1 aromatic rings. The van der Waals surface area contributed by atoms with Crippen molar-refractivity contribution >= 4 is 10.8 Å². The van der Waals surface area contributed by atoms with E-state index in [0.29, 0.717) is 11.3 Å². The highest BCUT2D eigenvalue weighted by molar-refractivity contribution is 7.85. The van der Waals surface area contributed by atoms with Crippen molar-refractivity contribution in [2.45, 2.75) is 67.7 Å². The summed E-state index contributed by atoms with van der Waals surface area (Å²) in [5, 5.41) is 0.344. The first-order valence-corrected chi connectivity index (χ1v) is 9.24. The second-order valence-corrected chi connectivity index (χ2v) is 7.79. The fourth-order valence-electron chi connectivity index (χ4n) is 4.00. The van der Waals surface area contributed by atoms with Crippen LogP contribution in [-0.4, -0.2) is 33.0 Å². The van der Waals surface area contributed by atoms with E-state index in [1.165, 1.54) is 32.1 Å². The van der Waals surface area contributed by atoms with Crippen molar-refractivity contribution < 1.29 is 4.21 Å². The molecule has 0 aliphatic carbocycles. The van der Waals surface area contributed by atoms with E-state index in [1.54, 1.807) is 0 Å². The average molecular weight is 291 g/mol. The van der Waals surface area contributed by atoms with Crippen LogP contribution in [0.3, 0.4) is 0 Å². The summed E-state index contributed by atoms with van der Waals surface area (Å²) in [5.41, 5.74) is 0. The third-order valence-corrected chi connectivity index (χ3v) is 6.74. The molecule has 2 aliphatic rings. The van der Waals surface area contributed by atoms with E-state index in [1.807, 2.05) is 30.3 Å². The molecule has 0 radical (unpaired) electrons. The second kappa shape index (κ2) is 6.40. The Morgan fingerprint density at radius 2 is 2.00 bits per heavy atom. The van der Waals surface area contributed by atoms with Crippen LogP contribution in [0.5, 0.6) is 0 Å². The molecule has 3 rings (SSSR count). The first kappa shape index (κ1) is 14.3. The highest BCUT2D eigenvalue weighted by Gasteiger charge is 2.42. The maximum atomic E-state index is 12.9. The molecular weight excluding hydrogens is 266 g/mol. The predicted molar refractivity (Wildman–Crippen MR) is 84.3 cm³/mol. The van der Waals surface area contributed by atoms with Gasteiger partial charge in [0.05, 0.1) is 16.0 Å². The number of hydrogen-bond acceptors (Lipinski definition) is 2. The molecule has 0 aromatic heterocycles. The molecule has 2 aliphatic heterocycles. The molecule has 0 amide bonds. The first-order chi connectivity index (χ1) is 9.81. The second-order valence-electron chi connectivity index (χ2n) is 6.12. The molecule has 4 atom stereocenters. The van der Waals surface area contributed by atoms with Crippen LogP contribution >= 0.6 is 0 Å². The van der Waals surface area contributed by atoms with Gasteiger partial charge in [-0.3, -0.25) is 9.11 Å². The number of piperidine rings is 1. The van der Waals surface area contributed by atoms with E-state index in [0.717, 1.165) is 23.9 Å². The number of hydrogen-bond donors (Lipinski definition) is 0. The molecule has 1 aromatic carbocycles. The Hall–Kier alpha value is -0.670. The van der Waals surface area contributed by atoms with E-state index >= 15 is 0 Å². The van der Waals surface area contributed by atoms with E-state index < -0.39 is 10.8 Å². The Kier molecular flexibility index (Phi) is 4.57. The van der Waals surface area contributed by atoms with Crippen molar-refractivity contribution in [3.05, 3.63) is 30.3 Å². The van der Waals surface area contributed by atoms with Gasteiger partial charge in [0.25, 0.3) is 0 Å². The van der Waals surface area contributed by atoms with Gasteiger partial charge >= 0.3 is 0 Å². The molecule has 3 heteroatoms. The third-order valence-electron chi connectivity index (χ3n) is 4.91. The van der Waals surface area contributed by atoms with Crippen LogP contribution in [0.1, 0.15) is 45.4 Å². The highest BCUT2D eigenvalue weighted by atomic mass is 32.2. The zero-order valence-corrected chi connectivity index (χ0v) is 13.1. The van der Waals surface area contributed by atoms with Gasteiger partial charge in [0.1, 0.15) is 0 Å². The fraction of sp³-hybridized carbons (Fsp3) is 0.647. The lowest BCUT2D eigenvalue weighted by Crippen LogP contribution is -2.46. The number of fused-ring (bicyclic) bond motifs is 1. The van der Waals surface area contributed by atoms with Crippen molar-refractivity contribution in [1.82, 2.24) is 4.90 Å². The minimum absolute atomic E-state index is 0.344. The topological polar surface area (TPSA) is 20.3 Å². The van der Waals surface area contributed by atoms with E-state index in [2.05, 4.69) is 11.8 Å². The molecule has 0 N–H and O–H groups in total. The van der Waals surface area contributed by atoms with Crippen molar-refractivity contribution in [3.8, 4) is 0 Å². The molecule has 0 spiro atoms. The van der Waals surface area contributed by atoms with Gasteiger partial charge in [-0.05, 0) is 44.4 Å². The Morgan fingerprint density at radius 3 is 2.75 bits per heavy atom. The lowest BCUT2D eigenvalue weighted by Gasteiger charge is -2.39. The summed E-state index contributed by atoms with van der Waals surface area (Å²) < 4.78 is 12.9. The van der Waals surface area contributed by atoms with Crippen molar-refractivity contribution in [2.24, 2.45) is 0 Å². The molecule has 1 unspecified atom stereocenters. The van der Waals surface area contributed by atoms with E-state index in [-0.39, 0.29) is 0 Å². The average Bonchev–Trinajstić information content (AvgIpc) is 2.93. The highest BCUT2D eigenvalue weighted by Crippen LogP contribution is 2.36. The van der Waals surface area contributed by atoms with E-state index in [4.69, 9.17) is 0 Å². The quantitative estimate of drug-likeness (QED) is 0.845. The number of benzene rings is 1. The Bertz CT molecular complexity index is 459. The van der Waals surface area contributed by atoms with Crippen LogP contribution in [0.25, 0.3) is 0 Å². The summed E-state index contributed by atoms with van der Waals surface area (Å²) in [4.78, 5) is 3.69. The third kappa shape index (κ3) is 2.71. The Balaban J connectivity index is 1.75. The zero-order valence-electron chi connectivity index (χ0n) is 12.3. The van der Waals surface area contributed by atoms with Gasteiger partial charge in [0.15, 0.2) is 0 Å². The smallest absolute Gasteiger partial charge is 0.0577 e. The molecule has 2 nitrogen and oxygen atoms in total. The van der Waals surface area contributed by atoms with Crippen LogP contribution in [0.4, 0.5) is 0 Å². The zero-order chi connectivity index (χ0) is 13.9. The van der Waals surface area contributed by atoms with Crippen LogP contribution in [0.2, 0.25) is 0 Å². The summed E-state index contributed by atoms with van der Waals surface area (Å²) in [6.45, 7) is 3.43. The van der Waals surface area contributed by atoms with Gasteiger partial charge in [-0.15, -0.1) is 0 Å². The largest absolute Gasteiger partial charge is 0.296 e. The lowest BCUT2D eigenvalue weighted by molar-refractivity contribution is 0.117. The van der Waals surface area contributed by atoms with Crippen molar-refractivity contribution in [1.29, 1.82) is 0 Å². The molecule has 20 heavy (non-hydrogen) atoms. The summed E-state index contributed by atoms with van der Waals surface area (Å²) in [6, 6.07) is 11.3. The molecule has 2 fully saturated rings. The van der Waals surface area contributed by atoms with Crippen molar-refractivity contribution in [3.63, 3.8) is 0 Å². The van der Waals surface area contributed by atoms with Crippen molar-refractivity contribution in [2.75, 3.05) is 6.54 Å². The van der Waals surface area contributed by atoms with Crippen LogP contribution < -0.4 is 0 Å². The van der Waals surface area contributed by atoms with Gasteiger partial charge in [0.2, 0.25) is 0 Å².